The second-order valence-corrected chi connectivity index (χ2v) is 11.2. The molecule has 2 bridgehead atoms. The third kappa shape index (κ3) is 4.31. The maximum Gasteiger partial charge on any atom is 0.309 e. The number of nitrogens with one attached hydrogen (secondary N) is 1. The highest BCUT2D eigenvalue weighted by Gasteiger charge is 2.57. The number of nitrogens with zero attached hydrogens (tertiary/aromatic N) is 2. The average molecular weight is 533 g/mol. The summed E-state index contributed by atoms with van der Waals surface area (Å²) in [7, 11) is 0. The first-order valence-electron chi connectivity index (χ1n) is 11.5. The molecule has 2 fully saturated rings. The lowest BCUT2D eigenvalue weighted by Crippen LogP contribution is -2.34. The number of rotatable bonds is 6. The number of amides is 1. The molecule has 5 rings (SSSR count). The van der Waals surface area contributed by atoms with Gasteiger partial charge in [0.1, 0.15) is 5.69 Å². The molecule has 1 aromatic carbocycles. The maximum atomic E-state index is 12.7. The lowest BCUT2D eigenvalue weighted by molar-refractivity contribution is -0.148. The number of fused-ring (bicyclic) bond motifs is 3. The van der Waals surface area contributed by atoms with Gasteiger partial charge in [0.25, 0.3) is 5.91 Å². The number of anilines is 1. The van der Waals surface area contributed by atoms with E-state index in [1.807, 2.05) is 24.4 Å². The molecule has 0 unspecified atom stereocenters. The molecule has 6 nitrogen and oxygen atoms in total. The van der Waals surface area contributed by atoms with Crippen LogP contribution in [-0.4, -0.2) is 40.0 Å². The maximum absolute atomic E-state index is 12.7. The van der Waals surface area contributed by atoms with Gasteiger partial charge in [0, 0.05) is 23.8 Å². The molecule has 3 aliphatic rings. The highest BCUT2D eigenvalue weighted by atomic mass is 79.9. The molecule has 2 saturated carbocycles. The topological polar surface area (TPSA) is 82.5 Å². The van der Waals surface area contributed by atoms with Crippen molar-refractivity contribution in [3.05, 3.63) is 56.8 Å². The number of aliphatic carboxylic acids is 1. The number of hydrogen-bond donors (Lipinski definition) is 2. The summed E-state index contributed by atoms with van der Waals surface area (Å²) in [5.74, 6) is -0.870. The highest BCUT2D eigenvalue weighted by molar-refractivity contribution is 9.10. The summed E-state index contributed by atoms with van der Waals surface area (Å²) in [5, 5.41) is 13.0. The summed E-state index contributed by atoms with van der Waals surface area (Å²) in [5.41, 5.74) is 3.03. The fraction of sp³-hybridized carbons (Fsp3) is 0.480. The number of carboxylic acids is 1. The Hall–Kier alpha value is -1.96. The van der Waals surface area contributed by atoms with Crippen LogP contribution in [0.3, 0.4) is 0 Å². The molecule has 33 heavy (non-hydrogen) atoms. The molecule has 0 radical (unpaired) electrons. The Morgan fingerprint density at radius 1 is 1.21 bits per heavy atom. The lowest BCUT2D eigenvalue weighted by atomic mass is 9.80. The molecule has 0 atom stereocenters. The van der Waals surface area contributed by atoms with Crippen LogP contribution in [0.15, 0.2) is 34.9 Å². The molecule has 1 amide bonds. The fourth-order valence-electron chi connectivity index (χ4n) is 5.95. The van der Waals surface area contributed by atoms with Gasteiger partial charge in [0.15, 0.2) is 0 Å². The van der Waals surface area contributed by atoms with Gasteiger partial charge in [-0.05, 0) is 102 Å². The molecule has 174 valence electrons. The summed E-state index contributed by atoms with van der Waals surface area (Å²) in [6, 6.07) is 7.29. The average Bonchev–Trinajstić information content (AvgIpc) is 3.39. The standard InChI is InChI=1S/C25H27BrClN3O3/c26-18-2-1-3-19(21(18)27)29-22(31)20-12-16-4-10-30(14-17(16)13-28-20)11-9-24-5-7-25(15-24,8-6-24)23(32)33/h1-3,12-13H,4-11,14-15H2,(H,29,31)(H,32,33). The predicted molar refractivity (Wildman–Crippen MR) is 131 cm³/mol. The van der Waals surface area contributed by atoms with Gasteiger partial charge < -0.3 is 10.4 Å². The van der Waals surface area contributed by atoms with Gasteiger partial charge >= 0.3 is 5.97 Å². The molecule has 2 aromatic rings. The third-order valence-electron chi connectivity index (χ3n) is 8.00. The Balaban J connectivity index is 1.20. The van der Waals surface area contributed by atoms with Gasteiger partial charge in [-0.3, -0.25) is 19.5 Å². The van der Waals surface area contributed by atoms with Crippen molar-refractivity contribution in [2.45, 2.75) is 51.5 Å². The Morgan fingerprint density at radius 3 is 2.73 bits per heavy atom. The minimum absolute atomic E-state index is 0.215. The van der Waals surface area contributed by atoms with Crippen LogP contribution in [0.4, 0.5) is 5.69 Å². The van der Waals surface area contributed by atoms with Crippen LogP contribution >= 0.6 is 27.5 Å². The number of hydrogen-bond acceptors (Lipinski definition) is 4. The number of carboxylic acid groups (broad SMARTS) is 1. The van der Waals surface area contributed by atoms with Crippen LogP contribution in [0.1, 0.15) is 60.1 Å². The van der Waals surface area contributed by atoms with E-state index in [-0.39, 0.29) is 11.3 Å². The predicted octanol–water partition coefficient (Wildman–Crippen LogP) is 5.53. The van der Waals surface area contributed by atoms with Crippen LogP contribution in [0.5, 0.6) is 0 Å². The smallest absolute Gasteiger partial charge is 0.309 e. The largest absolute Gasteiger partial charge is 0.481 e. The van der Waals surface area contributed by atoms with E-state index < -0.39 is 11.4 Å². The first-order chi connectivity index (χ1) is 15.8. The summed E-state index contributed by atoms with van der Waals surface area (Å²) in [4.78, 5) is 31.3. The molecular formula is C25H27BrClN3O3. The Morgan fingerprint density at radius 2 is 2.00 bits per heavy atom. The fourth-order valence-corrected chi connectivity index (χ4v) is 6.49. The van der Waals surface area contributed by atoms with Crippen LogP contribution in [0, 0.1) is 10.8 Å². The molecule has 0 spiro atoms. The van der Waals surface area contributed by atoms with E-state index in [4.69, 9.17) is 11.6 Å². The van der Waals surface area contributed by atoms with Crippen molar-refractivity contribution in [3.63, 3.8) is 0 Å². The second-order valence-electron chi connectivity index (χ2n) is 9.93. The molecule has 2 heterocycles. The van der Waals surface area contributed by atoms with Gasteiger partial charge in [0.2, 0.25) is 0 Å². The highest BCUT2D eigenvalue weighted by Crippen LogP contribution is 2.63. The number of carbonyl (C=O) groups is 2. The van der Waals surface area contributed by atoms with Crippen molar-refractivity contribution in [3.8, 4) is 0 Å². The molecular weight excluding hydrogens is 506 g/mol. The van der Waals surface area contributed by atoms with E-state index in [9.17, 15) is 14.7 Å². The monoisotopic (exact) mass is 531 g/mol. The summed E-state index contributed by atoms with van der Waals surface area (Å²) in [6.07, 6.45) is 8.38. The molecule has 1 aliphatic heterocycles. The number of benzene rings is 1. The van der Waals surface area contributed by atoms with E-state index >= 15 is 0 Å². The van der Waals surface area contributed by atoms with Gasteiger partial charge in [0.05, 0.1) is 16.1 Å². The second kappa shape index (κ2) is 8.67. The minimum Gasteiger partial charge on any atom is -0.481 e. The normalized spacial score (nSPS) is 26.2. The van der Waals surface area contributed by atoms with Crippen molar-refractivity contribution in [1.29, 1.82) is 0 Å². The first-order valence-corrected chi connectivity index (χ1v) is 12.7. The van der Waals surface area contributed by atoms with Crippen LogP contribution < -0.4 is 5.32 Å². The summed E-state index contributed by atoms with van der Waals surface area (Å²) in [6.45, 7) is 2.75. The zero-order chi connectivity index (χ0) is 23.2. The van der Waals surface area contributed by atoms with E-state index in [1.165, 1.54) is 0 Å². The van der Waals surface area contributed by atoms with Crippen LogP contribution in [-0.2, 0) is 17.8 Å². The van der Waals surface area contributed by atoms with Crippen molar-refractivity contribution in [1.82, 2.24) is 9.88 Å². The minimum atomic E-state index is -0.595. The summed E-state index contributed by atoms with van der Waals surface area (Å²) >= 11 is 9.63. The summed E-state index contributed by atoms with van der Waals surface area (Å²) < 4.78 is 0.726. The van der Waals surface area contributed by atoms with Gasteiger partial charge in [-0.1, -0.05) is 17.7 Å². The molecule has 0 saturated heterocycles. The number of carbonyl (C=O) groups excluding carboxylic acids is 1. The van der Waals surface area contributed by atoms with Crippen LogP contribution in [0.2, 0.25) is 5.02 Å². The van der Waals surface area contributed by atoms with Crippen molar-refractivity contribution < 1.29 is 14.7 Å². The van der Waals surface area contributed by atoms with Crippen molar-refractivity contribution in [2.24, 2.45) is 10.8 Å². The van der Waals surface area contributed by atoms with E-state index in [1.54, 1.807) is 6.07 Å². The lowest BCUT2D eigenvalue weighted by Gasteiger charge is -2.33. The SMILES string of the molecule is O=C(Nc1cccc(Br)c1Cl)c1cc2c(cn1)CN(CCC13CCC(C(=O)O)(CC1)C3)CC2. The van der Waals surface area contributed by atoms with E-state index in [2.05, 4.69) is 31.1 Å². The van der Waals surface area contributed by atoms with E-state index in [0.29, 0.717) is 16.4 Å². The zero-order valence-corrected chi connectivity index (χ0v) is 20.7. The van der Waals surface area contributed by atoms with Crippen molar-refractivity contribution in [2.75, 3.05) is 18.4 Å². The first kappa shape index (κ1) is 22.8. The zero-order valence-electron chi connectivity index (χ0n) is 18.4. The quantitative estimate of drug-likeness (QED) is 0.511. The van der Waals surface area contributed by atoms with Gasteiger partial charge in [-0.2, -0.15) is 0 Å². The Kier molecular flexibility index (Phi) is 6.00. The molecule has 1 aromatic heterocycles. The number of aromatic nitrogens is 1. The van der Waals surface area contributed by atoms with E-state index in [0.717, 1.165) is 80.2 Å². The molecule has 2 aliphatic carbocycles. The van der Waals surface area contributed by atoms with Gasteiger partial charge in [-0.25, -0.2) is 0 Å². The van der Waals surface area contributed by atoms with Gasteiger partial charge in [-0.15, -0.1) is 0 Å². The van der Waals surface area contributed by atoms with Crippen molar-refractivity contribution >= 4 is 45.1 Å². The number of halogens is 2. The third-order valence-corrected chi connectivity index (χ3v) is 9.30. The molecule has 8 heteroatoms. The Bertz CT molecular complexity index is 1110. The van der Waals surface area contributed by atoms with Crippen LogP contribution in [0.25, 0.3) is 0 Å². The molecule has 2 N–H and O–H groups in total. The Labute approximate surface area is 206 Å². The number of pyridine rings is 1.